The average Bonchev–Trinajstić information content (AvgIpc) is 1.65. The first kappa shape index (κ1) is 6.15. The maximum Gasteiger partial charge on any atom is 0.0410 e. The van der Waals surface area contributed by atoms with Crippen LogP contribution in [-0.4, -0.2) is 11.0 Å². The van der Waals surface area contributed by atoms with Crippen LogP contribution in [0.2, 0.25) is 0 Å². The van der Waals surface area contributed by atoms with Crippen LogP contribution in [0.15, 0.2) is 0 Å². The van der Waals surface area contributed by atoms with Crippen LogP contribution in [0.5, 0.6) is 0 Å². The van der Waals surface area contributed by atoms with Gasteiger partial charge in [0.15, 0.2) is 0 Å². The van der Waals surface area contributed by atoms with Gasteiger partial charge in [0.1, 0.15) is 0 Å². The van der Waals surface area contributed by atoms with Crippen molar-refractivity contribution in [1.82, 2.24) is 0 Å². The smallest absolute Gasteiger partial charge is 0.0410 e. The van der Waals surface area contributed by atoms with E-state index in [1.165, 1.54) is 0 Å². The zero-order valence-electron chi connectivity index (χ0n) is 3.79. The van der Waals surface area contributed by atoms with Crippen molar-refractivity contribution in [2.24, 2.45) is 0 Å². The Morgan fingerprint density at radius 2 is 2.33 bits per heavy atom. The Labute approximate surface area is 46.4 Å². The molecule has 0 aromatic heterocycles. The van der Waals surface area contributed by atoms with Gasteiger partial charge >= 0.3 is 0 Å². The molecule has 1 nitrogen and oxygen atoms in total. The molecule has 0 aliphatic carbocycles. The fourth-order valence-electron chi connectivity index (χ4n) is 0.0945. The maximum atomic E-state index is 6.94. The second kappa shape index (κ2) is 3.34. The minimum absolute atomic E-state index is 0.726. The molecular weight excluding hydrogens is 142 g/mol. The molecule has 0 aliphatic rings. The van der Waals surface area contributed by atoms with Gasteiger partial charge in [-0.3, -0.25) is 0 Å². The molecule has 0 bridgehead atoms. The molecule has 2 heteroatoms. The van der Waals surface area contributed by atoms with Gasteiger partial charge in [-0.1, -0.05) is 22.9 Å². The Morgan fingerprint density at radius 3 is 2.33 bits per heavy atom. The van der Waals surface area contributed by atoms with Gasteiger partial charge in [0, 0.05) is 11.0 Å². The lowest BCUT2D eigenvalue weighted by Crippen LogP contribution is -1.91. The van der Waals surface area contributed by atoms with Crippen LogP contribution in [0.3, 0.4) is 0 Å². The summed E-state index contributed by atoms with van der Waals surface area (Å²) >= 11 is 3.15. The van der Waals surface area contributed by atoms with Gasteiger partial charge in [0.05, 0.1) is 0 Å². The first-order chi connectivity index (χ1) is 2.81. The molecule has 0 rings (SSSR count). The second-order valence-corrected chi connectivity index (χ2v) is 1.65. The molecule has 36 valence electrons. The first-order valence-corrected chi connectivity index (χ1v) is 3.05. The van der Waals surface area contributed by atoms with Gasteiger partial charge in [0.25, 0.3) is 0 Å². The highest BCUT2D eigenvalue weighted by Crippen LogP contribution is 1.85. The Morgan fingerprint density at radius 1 is 1.83 bits per heavy atom. The Kier molecular flexibility index (Phi) is 3.43. The predicted molar refractivity (Wildman–Crippen MR) is 31.8 cm³/mol. The molecule has 0 unspecified atom stereocenters. The molecule has 0 amide bonds. The SMILES string of the molecule is CCC(=N)CBr. The van der Waals surface area contributed by atoms with Crippen LogP contribution in [0.4, 0.5) is 0 Å². The van der Waals surface area contributed by atoms with Crippen molar-refractivity contribution >= 4 is 21.6 Å². The summed E-state index contributed by atoms with van der Waals surface area (Å²) in [5, 5.41) is 7.66. The van der Waals surface area contributed by atoms with Crippen LogP contribution in [0.25, 0.3) is 0 Å². The van der Waals surface area contributed by atoms with Gasteiger partial charge in [-0.15, -0.1) is 0 Å². The number of rotatable bonds is 2. The third-order valence-corrected chi connectivity index (χ3v) is 1.26. The molecule has 0 aromatic rings. The van der Waals surface area contributed by atoms with Crippen LogP contribution < -0.4 is 0 Å². The first-order valence-electron chi connectivity index (χ1n) is 1.93. The number of nitrogens with one attached hydrogen (secondary N) is 1. The van der Waals surface area contributed by atoms with Gasteiger partial charge in [-0.2, -0.15) is 0 Å². The van der Waals surface area contributed by atoms with E-state index in [0.29, 0.717) is 0 Å². The third-order valence-electron chi connectivity index (χ3n) is 0.588. The summed E-state index contributed by atoms with van der Waals surface area (Å²) in [5.41, 5.74) is 0.759. The summed E-state index contributed by atoms with van der Waals surface area (Å²) in [6.07, 6.45) is 0.866. The summed E-state index contributed by atoms with van der Waals surface area (Å²) in [4.78, 5) is 0. The molecule has 0 aromatic carbocycles. The van der Waals surface area contributed by atoms with Crippen molar-refractivity contribution < 1.29 is 0 Å². The molecule has 0 fully saturated rings. The molecule has 0 saturated carbocycles. The lowest BCUT2D eigenvalue weighted by Gasteiger charge is -1.85. The van der Waals surface area contributed by atoms with Crippen LogP contribution in [-0.2, 0) is 0 Å². The van der Waals surface area contributed by atoms with E-state index in [2.05, 4.69) is 15.9 Å². The van der Waals surface area contributed by atoms with E-state index in [-0.39, 0.29) is 0 Å². The summed E-state index contributed by atoms with van der Waals surface area (Å²) in [7, 11) is 0. The highest BCUT2D eigenvalue weighted by atomic mass is 79.9. The fraction of sp³-hybridized carbons (Fsp3) is 0.750. The van der Waals surface area contributed by atoms with Crippen LogP contribution in [0.1, 0.15) is 13.3 Å². The van der Waals surface area contributed by atoms with E-state index in [0.717, 1.165) is 17.5 Å². The topological polar surface area (TPSA) is 23.9 Å². The van der Waals surface area contributed by atoms with Crippen LogP contribution in [0, 0.1) is 5.41 Å². The van der Waals surface area contributed by atoms with Crippen molar-refractivity contribution in [2.75, 3.05) is 5.33 Å². The van der Waals surface area contributed by atoms with E-state index in [1.807, 2.05) is 6.92 Å². The zero-order chi connectivity index (χ0) is 4.99. The number of halogens is 1. The second-order valence-electron chi connectivity index (χ2n) is 1.09. The van der Waals surface area contributed by atoms with Crippen LogP contribution >= 0.6 is 15.9 Å². The largest absolute Gasteiger partial charge is 0.309 e. The van der Waals surface area contributed by atoms with E-state index < -0.39 is 0 Å². The quantitative estimate of drug-likeness (QED) is 0.458. The van der Waals surface area contributed by atoms with Gasteiger partial charge < -0.3 is 5.41 Å². The molecule has 0 saturated heterocycles. The Balaban J connectivity index is 2.99. The van der Waals surface area contributed by atoms with Crippen molar-refractivity contribution in [1.29, 1.82) is 5.41 Å². The molecule has 1 N–H and O–H groups in total. The molecule has 0 spiro atoms. The molecule has 0 radical (unpaired) electrons. The van der Waals surface area contributed by atoms with Crippen molar-refractivity contribution in [2.45, 2.75) is 13.3 Å². The normalized spacial score (nSPS) is 8.33. The lowest BCUT2D eigenvalue weighted by atomic mass is 10.3. The number of hydrogen-bond donors (Lipinski definition) is 1. The van der Waals surface area contributed by atoms with Crippen molar-refractivity contribution in [3.05, 3.63) is 0 Å². The summed E-state index contributed by atoms with van der Waals surface area (Å²) in [6, 6.07) is 0. The number of alkyl halides is 1. The minimum atomic E-state index is 0.726. The van der Waals surface area contributed by atoms with Gasteiger partial charge in [-0.25, -0.2) is 0 Å². The summed E-state index contributed by atoms with van der Waals surface area (Å²) in [5.74, 6) is 0. The zero-order valence-corrected chi connectivity index (χ0v) is 5.38. The number of hydrogen-bond acceptors (Lipinski definition) is 1. The summed E-state index contributed by atoms with van der Waals surface area (Å²) in [6.45, 7) is 1.98. The van der Waals surface area contributed by atoms with E-state index in [1.54, 1.807) is 0 Å². The van der Waals surface area contributed by atoms with Gasteiger partial charge in [0.2, 0.25) is 0 Å². The standard InChI is InChI=1S/C4H8BrN/c1-2-4(6)3-5/h6H,2-3H2,1H3. The maximum absolute atomic E-state index is 6.94. The fourth-order valence-corrected chi connectivity index (χ4v) is 0.491. The Bertz CT molecular complexity index is 45.5. The van der Waals surface area contributed by atoms with Crippen molar-refractivity contribution in [3.8, 4) is 0 Å². The highest BCUT2D eigenvalue weighted by molar-refractivity contribution is 9.09. The van der Waals surface area contributed by atoms with Gasteiger partial charge in [-0.05, 0) is 6.42 Å². The molecule has 0 aliphatic heterocycles. The molecular formula is C4H8BrN. The van der Waals surface area contributed by atoms with E-state index >= 15 is 0 Å². The monoisotopic (exact) mass is 149 g/mol. The van der Waals surface area contributed by atoms with Crippen molar-refractivity contribution in [3.63, 3.8) is 0 Å². The molecule has 6 heavy (non-hydrogen) atoms. The Hall–Kier alpha value is 0.150. The average molecular weight is 150 g/mol. The molecule has 0 heterocycles. The molecule has 0 atom stereocenters. The van der Waals surface area contributed by atoms with E-state index in [4.69, 9.17) is 5.41 Å². The predicted octanol–water partition coefficient (Wildman–Crippen LogP) is 1.81. The lowest BCUT2D eigenvalue weighted by molar-refractivity contribution is 1.24. The minimum Gasteiger partial charge on any atom is -0.309 e. The highest BCUT2D eigenvalue weighted by Gasteiger charge is 1.82. The summed E-state index contributed by atoms with van der Waals surface area (Å²) < 4.78 is 0. The van der Waals surface area contributed by atoms with E-state index in [9.17, 15) is 0 Å². The third kappa shape index (κ3) is 2.39.